The van der Waals surface area contributed by atoms with E-state index in [0.29, 0.717) is 6.17 Å². The lowest BCUT2D eigenvalue weighted by molar-refractivity contribution is 0.152. The second-order valence-electron chi connectivity index (χ2n) is 3.26. The number of nitrogens with one attached hydrogen (secondary N) is 2. The van der Waals surface area contributed by atoms with Gasteiger partial charge in [0.1, 0.15) is 0 Å². The predicted molar refractivity (Wildman–Crippen MR) is 49.6 cm³/mol. The number of hydrogen-bond acceptors (Lipinski definition) is 4. The van der Waals surface area contributed by atoms with Gasteiger partial charge in [0, 0.05) is 38.9 Å². The van der Waals surface area contributed by atoms with E-state index in [2.05, 4.69) is 20.5 Å². The molecule has 2 rings (SSSR count). The Bertz CT molecular complexity index is 162. The lowest BCUT2D eigenvalue weighted by Crippen LogP contribution is -2.56. The van der Waals surface area contributed by atoms with Gasteiger partial charge < -0.3 is 5.32 Å². The van der Waals surface area contributed by atoms with Gasteiger partial charge in [-0.3, -0.25) is 15.2 Å². The zero-order chi connectivity index (χ0) is 8.23. The van der Waals surface area contributed by atoms with Crippen molar-refractivity contribution in [2.75, 3.05) is 39.3 Å². The summed E-state index contributed by atoms with van der Waals surface area (Å²) >= 11 is 0. The SMILES string of the molecule is C1=NCC(N2CCNCC2)NC1. The Morgan fingerprint density at radius 1 is 1.33 bits per heavy atom. The first-order chi connectivity index (χ1) is 5.97. The third-order valence-electron chi connectivity index (χ3n) is 2.44. The molecule has 0 spiro atoms. The van der Waals surface area contributed by atoms with Crippen LogP contribution in [0.2, 0.25) is 0 Å². The molecule has 68 valence electrons. The van der Waals surface area contributed by atoms with Gasteiger partial charge in [0.2, 0.25) is 0 Å². The lowest BCUT2D eigenvalue weighted by Gasteiger charge is -2.35. The van der Waals surface area contributed by atoms with Crippen LogP contribution in [0.4, 0.5) is 0 Å². The van der Waals surface area contributed by atoms with E-state index in [0.717, 1.165) is 39.3 Å². The van der Waals surface area contributed by atoms with Gasteiger partial charge in [-0.25, -0.2) is 0 Å². The molecule has 2 aliphatic rings. The van der Waals surface area contributed by atoms with Gasteiger partial charge in [-0.2, -0.15) is 0 Å². The van der Waals surface area contributed by atoms with E-state index in [-0.39, 0.29) is 0 Å². The van der Waals surface area contributed by atoms with Gasteiger partial charge in [-0.1, -0.05) is 0 Å². The van der Waals surface area contributed by atoms with Gasteiger partial charge in [0.05, 0.1) is 12.7 Å². The van der Waals surface area contributed by atoms with Crippen molar-refractivity contribution >= 4 is 6.21 Å². The molecule has 1 fully saturated rings. The van der Waals surface area contributed by atoms with E-state index < -0.39 is 0 Å². The lowest BCUT2D eigenvalue weighted by atomic mass is 10.3. The van der Waals surface area contributed by atoms with Gasteiger partial charge in [-0.05, 0) is 0 Å². The molecule has 2 aliphatic heterocycles. The summed E-state index contributed by atoms with van der Waals surface area (Å²) in [5, 5.41) is 6.78. The predicted octanol–water partition coefficient (Wildman–Crippen LogP) is -1.11. The summed E-state index contributed by atoms with van der Waals surface area (Å²) in [6.07, 6.45) is 2.44. The minimum absolute atomic E-state index is 0.483. The number of piperazine rings is 1. The number of hydrogen-bond donors (Lipinski definition) is 2. The number of aliphatic imine (C=N–C) groups is 1. The minimum Gasteiger partial charge on any atom is -0.314 e. The highest BCUT2D eigenvalue weighted by molar-refractivity contribution is 5.60. The Labute approximate surface area is 73.0 Å². The fourth-order valence-electron chi connectivity index (χ4n) is 1.73. The first-order valence-electron chi connectivity index (χ1n) is 4.63. The van der Waals surface area contributed by atoms with Crippen molar-refractivity contribution in [1.29, 1.82) is 0 Å². The van der Waals surface area contributed by atoms with Crippen LogP contribution in [0.25, 0.3) is 0 Å². The summed E-state index contributed by atoms with van der Waals surface area (Å²) in [5.41, 5.74) is 0. The maximum absolute atomic E-state index is 4.28. The monoisotopic (exact) mass is 168 g/mol. The minimum atomic E-state index is 0.483. The molecule has 1 atom stereocenters. The summed E-state index contributed by atoms with van der Waals surface area (Å²) in [4.78, 5) is 6.75. The average molecular weight is 168 g/mol. The molecule has 0 aromatic carbocycles. The molecule has 1 saturated heterocycles. The van der Waals surface area contributed by atoms with Crippen LogP contribution >= 0.6 is 0 Å². The highest BCUT2D eigenvalue weighted by Gasteiger charge is 2.20. The molecule has 2 N–H and O–H groups in total. The van der Waals surface area contributed by atoms with Crippen LogP contribution < -0.4 is 10.6 Å². The fourth-order valence-corrected chi connectivity index (χ4v) is 1.73. The van der Waals surface area contributed by atoms with Crippen molar-refractivity contribution in [2.45, 2.75) is 6.17 Å². The van der Waals surface area contributed by atoms with Gasteiger partial charge >= 0.3 is 0 Å². The molecule has 4 heteroatoms. The maximum atomic E-state index is 4.28. The second-order valence-corrected chi connectivity index (χ2v) is 3.26. The zero-order valence-electron chi connectivity index (χ0n) is 7.29. The van der Waals surface area contributed by atoms with Crippen LogP contribution in [0.3, 0.4) is 0 Å². The van der Waals surface area contributed by atoms with Crippen molar-refractivity contribution in [3.63, 3.8) is 0 Å². The van der Waals surface area contributed by atoms with Crippen LogP contribution in [0.5, 0.6) is 0 Å². The Balaban J connectivity index is 1.85. The van der Waals surface area contributed by atoms with E-state index in [1.54, 1.807) is 0 Å². The van der Waals surface area contributed by atoms with Crippen LogP contribution in [0, 0.1) is 0 Å². The first kappa shape index (κ1) is 8.16. The molecule has 12 heavy (non-hydrogen) atoms. The Morgan fingerprint density at radius 3 is 2.83 bits per heavy atom. The van der Waals surface area contributed by atoms with Crippen molar-refractivity contribution in [3.05, 3.63) is 0 Å². The summed E-state index contributed by atoms with van der Waals surface area (Å²) in [7, 11) is 0. The van der Waals surface area contributed by atoms with E-state index in [1.165, 1.54) is 0 Å². The van der Waals surface area contributed by atoms with Crippen molar-refractivity contribution in [3.8, 4) is 0 Å². The molecule has 0 aromatic rings. The van der Waals surface area contributed by atoms with Crippen LogP contribution in [0.15, 0.2) is 4.99 Å². The van der Waals surface area contributed by atoms with Crippen LogP contribution in [-0.4, -0.2) is 56.5 Å². The fraction of sp³-hybridized carbons (Fsp3) is 0.875. The Kier molecular flexibility index (Phi) is 2.71. The molecule has 0 amide bonds. The quantitative estimate of drug-likeness (QED) is 0.521. The van der Waals surface area contributed by atoms with Crippen molar-refractivity contribution in [2.24, 2.45) is 4.99 Å². The molecule has 1 unspecified atom stereocenters. The van der Waals surface area contributed by atoms with E-state index >= 15 is 0 Å². The van der Waals surface area contributed by atoms with Gasteiger partial charge in [0.25, 0.3) is 0 Å². The van der Waals surface area contributed by atoms with Crippen LogP contribution in [0.1, 0.15) is 0 Å². The smallest absolute Gasteiger partial charge is 0.0802 e. The molecule has 0 aromatic heterocycles. The summed E-state index contributed by atoms with van der Waals surface area (Å²) in [5.74, 6) is 0. The highest BCUT2D eigenvalue weighted by Crippen LogP contribution is 2.00. The third-order valence-corrected chi connectivity index (χ3v) is 2.44. The largest absolute Gasteiger partial charge is 0.314 e. The molecule has 0 bridgehead atoms. The topological polar surface area (TPSA) is 39.7 Å². The summed E-state index contributed by atoms with van der Waals surface area (Å²) in [6, 6.07) is 0. The molecule has 4 nitrogen and oxygen atoms in total. The van der Waals surface area contributed by atoms with E-state index in [4.69, 9.17) is 0 Å². The van der Waals surface area contributed by atoms with Gasteiger partial charge in [0.15, 0.2) is 0 Å². The molecule has 0 radical (unpaired) electrons. The maximum Gasteiger partial charge on any atom is 0.0802 e. The van der Waals surface area contributed by atoms with Crippen molar-refractivity contribution < 1.29 is 0 Å². The number of nitrogens with zero attached hydrogens (tertiary/aromatic N) is 2. The molecular weight excluding hydrogens is 152 g/mol. The van der Waals surface area contributed by atoms with Gasteiger partial charge in [-0.15, -0.1) is 0 Å². The average Bonchev–Trinajstić information content (AvgIpc) is 2.21. The van der Waals surface area contributed by atoms with Crippen molar-refractivity contribution in [1.82, 2.24) is 15.5 Å². The summed E-state index contributed by atoms with van der Waals surface area (Å²) < 4.78 is 0. The zero-order valence-corrected chi connectivity index (χ0v) is 7.29. The molecular formula is C8H16N4. The molecule has 0 saturated carbocycles. The molecule has 2 heterocycles. The highest BCUT2D eigenvalue weighted by atomic mass is 15.3. The number of rotatable bonds is 1. The van der Waals surface area contributed by atoms with Crippen LogP contribution in [-0.2, 0) is 0 Å². The second kappa shape index (κ2) is 3.98. The third kappa shape index (κ3) is 1.83. The Hall–Kier alpha value is -0.450. The normalized spacial score (nSPS) is 32.2. The van der Waals surface area contributed by atoms with E-state index in [9.17, 15) is 0 Å². The Morgan fingerprint density at radius 2 is 2.17 bits per heavy atom. The standard InChI is InChI=1S/C8H16N4/c1-2-11-8(7-10-1)12-5-3-9-4-6-12/h1,8-9,11H,2-7H2. The molecule has 0 aliphatic carbocycles. The summed E-state index contributed by atoms with van der Waals surface area (Å²) in [6.45, 7) is 6.36. The first-order valence-corrected chi connectivity index (χ1v) is 4.63. The van der Waals surface area contributed by atoms with E-state index in [1.807, 2.05) is 6.21 Å².